The highest BCUT2D eigenvalue weighted by molar-refractivity contribution is 7.80. The van der Waals surface area contributed by atoms with Crippen molar-refractivity contribution in [2.45, 2.75) is 27.3 Å². The maximum absolute atomic E-state index is 13.1. The number of benzene rings is 2. The lowest BCUT2D eigenvalue weighted by molar-refractivity contribution is -0.113. The molecule has 0 bridgehead atoms. The molecule has 2 aromatic carbocycles. The van der Waals surface area contributed by atoms with Gasteiger partial charge in [-0.15, -0.1) is 0 Å². The van der Waals surface area contributed by atoms with E-state index in [1.807, 2.05) is 67.9 Å². The van der Waals surface area contributed by atoms with Crippen molar-refractivity contribution in [1.29, 1.82) is 0 Å². The lowest BCUT2D eigenvalue weighted by Crippen LogP contribution is -2.30. The highest BCUT2D eigenvalue weighted by atomic mass is 35.5. The molecule has 3 aromatic rings. The predicted octanol–water partition coefficient (Wildman–Crippen LogP) is 4.87. The first kappa shape index (κ1) is 23.8. The Balaban J connectivity index is 1.61. The molecule has 1 amide bonds. The van der Waals surface area contributed by atoms with Crippen molar-refractivity contribution >= 4 is 46.6 Å². The van der Waals surface area contributed by atoms with E-state index in [9.17, 15) is 4.79 Å². The molecule has 0 atom stereocenters. The van der Waals surface area contributed by atoms with Crippen LogP contribution in [-0.4, -0.2) is 34.5 Å². The van der Waals surface area contributed by atoms with Crippen LogP contribution in [0.15, 0.2) is 48.2 Å². The van der Waals surface area contributed by atoms with Gasteiger partial charge in [0.25, 0.3) is 5.91 Å². The minimum Gasteiger partial charge on any atom is -0.496 e. The number of halogens is 1. The molecule has 9 heteroatoms. The normalized spacial score (nSPS) is 14.6. The van der Waals surface area contributed by atoms with E-state index in [0.29, 0.717) is 34.7 Å². The lowest BCUT2D eigenvalue weighted by Gasteiger charge is -2.14. The van der Waals surface area contributed by atoms with Crippen molar-refractivity contribution in [3.05, 3.63) is 75.7 Å². The standard InChI is InChI=1S/C25H25ClN4O3S/c1-5-33-20-9-7-19(8-10-20)30-24(31)21(27-25(30)34)13-17-6-11-22(32-4)18(12-17)14-29-16(3)23(26)15(2)28-29/h6-13H,5,14H2,1-4H3,(H,27,34)/b21-13+. The van der Waals surface area contributed by atoms with Gasteiger partial charge in [0.05, 0.1) is 42.4 Å². The SMILES string of the molecule is CCOc1ccc(N2C(=O)/C(=C\c3ccc(OC)c(Cn4nc(C)c(Cl)c4C)c3)NC2=S)cc1. The van der Waals surface area contributed by atoms with E-state index in [1.54, 1.807) is 13.2 Å². The summed E-state index contributed by atoms with van der Waals surface area (Å²) < 4.78 is 12.9. The van der Waals surface area contributed by atoms with E-state index in [2.05, 4.69) is 10.4 Å². The Morgan fingerprint density at radius 2 is 1.91 bits per heavy atom. The van der Waals surface area contributed by atoms with Crippen LogP contribution in [-0.2, 0) is 11.3 Å². The molecular weight excluding hydrogens is 472 g/mol. The van der Waals surface area contributed by atoms with Gasteiger partial charge in [-0.25, -0.2) is 0 Å². The number of aryl methyl sites for hydroxylation is 1. The quantitative estimate of drug-likeness (QED) is 0.372. The Morgan fingerprint density at radius 1 is 1.18 bits per heavy atom. The predicted molar refractivity (Wildman–Crippen MR) is 138 cm³/mol. The number of methoxy groups -OCH3 is 1. The van der Waals surface area contributed by atoms with Gasteiger partial charge in [0.2, 0.25) is 0 Å². The lowest BCUT2D eigenvalue weighted by atomic mass is 10.1. The summed E-state index contributed by atoms with van der Waals surface area (Å²) in [5, 5.41) is 8.52. The zero-order chi connectivity index (χ0) is 24.4. The number of nitrogens with zero attached hydrogens (tertiary/aromatic N) is 3. The molecule has 1 fully saturated rings. The van der Waals surface area contributed by atoms with Crippen molar-refractivity contribution in [3.63, 3.8) is 0 Å². The van der Waals surface area contributed by atoms with Crippen LogP contribution in [0.3, 0.4) is 0 Å². The van der Waals surface area contributed by atoms with Gasteiger partial charge in [0, 0.05) is 5.56 Å². The molecule has 34 heavy (non-hydrogen) atoms. The first-order chi connectivity index (χ1) is 16.3. The van der Waals surface area contributed by atoms with E-state index in [-0.39, 0.29) is 5.91 Å². The number of rotatable bonds is 7. The number of hydrogen-bond donors (Lipinski definition) is 1. The minimum atomic E-state index is -0.225. The third kappa shape index (κ3) is 4.64. The molecule has 7 nitrogen and oxygen atoms in total. The fourth-order valence-electron chi connectivity index (χ4n) is 3.80. The molecule has 176 valence electrons. The van der Waals surface area contributed by atoms with Crippen LogP contribution in [0.4, 0.5) is 5.69 Å². The third-order valence-electron chi connectivity index (χ3n) is 5.51. The van der Waals surface area contributed by atoms with Gasteiger partial charge in [-0.2, -0.15) is 5.10 Å². The highest BCUT2D eigenvalue weighted by Gasteiger charge is 2.32. The molecule has 0 unspecified atom stereocenters. The van der Waals surface area contributed by atoms with E-state index in [0.717, 1.165) is 34.0 Å². The molecule has 4 rings (SSSR count). The number of carbonyl (C=O) groups excluding carboxylic acids is 1. The van der Waals surface area contributed by atoms with Crippen LogP contribution in [0.5, 0.6) is 11.5 Å². The second kappa shape index (κ2) is 9.87. The smallest absolute Gasteiger partial charge is 0.281 e. The van der Waals surface area contributed by atoms with E-state index in [1.165, 1.54) is 4.90 Å². The largest absolute Gasteiger partial charge is 0.496 e. The van der Waals surface area contributed by atoms with Crippen LogP contribution >= 0.6 is 23.8 Å². The van der Waals surface area contributed by atoms with E-state index in [4.69, 9.17) is 33.3 Å². The topological polar surface area (TPSA) is 68.6 Å². The van der Waals surface area contributed by atoms with Gasteiger partial charge in [0.15, 0.2) is 5.11 Å². The molecule has 0 saturated carbocycles. The molecule has 1 aliphatic heterocycles. The number of aromatic nitrogens is 2. The number of ether oxygens (including phenoxy) is 2. The number of amides is 1. The molecule has 1 saturated heterocycles. The monoisotopic (exact) mass is 496 g/mol. The summed E-state index contributed by atoms with van der Waals surface area (Å²) in [4.78, 5) is 14.6. The maximum atomic E-state index is 13.1. The molecule has 1 aliphatic rings. The first-order valence-electron chi connectivity index (χ1n) is 10.8. The molecule has 1 aromatic heterocycles. The fourth-order valence-corrected chi connectivity index (χ4v) is 4.23. The summed E-state index contributed by atoms with van der Waals surface area (Å²) in [6, 6.07) is 13.0. The fraction of sp³-hybridized carbons (Fsp3) is 0.240. The summed E-state index contributed by atoms with van der Waals surface area (Å²) in [5.74, 6) is 1.24. The molecule has 0 spiro atoms. The van der Waals surface area contributed by atoms with Gasteiger partial charge in [-0.3, -0.25) is 14.4 Å². The zero-order valence-electron chi connectivity index (χ0n) is 19.4. The van der Waals surface area contributed by atoms with Crippen LogP contribution in [0, 0.1) is 13.8 Å². The van der Waals surface area contributed by atoms with Crippen LogP contribution in [0.25, 0.3) is 6.08 Å². The summed E-state index contributed by atoms with van der Waals surface area (Å²) in [5.41, 5.74) is 4.47. The Kier molecular flexibility index (Phi) is 6.90. The van der Waals surface area contributed by atoms with Crippen LogP contribution in [0.2, 0.25) is 5.02 Å². The second-order valence-electron chi connectivity index (χ2n) is 7.77. The average molecular weight is 497 g/mol. The number of nitrogens with one attached hydrogen (secondary N) is 1. The van der Waals surface area contributed by atoms with Crippen molar-refractivity contribution in [1.82, 2.24) is 15.1 Å². The van der Waals surface area contributed by atoms with Gasteiger partial charge in [-0.1, -0.05) is 17.7 Å². The Hall–Kier alpha value is -3.36. The van der Waals surface area contributed by atoms with Gasteiger partial charge in [0.1, 0.15) is 17.2 Å². The van der Waals surface area contributed by atoms with E-state index < -0.39 is 0 Å². The maximum Gasteiger partial charge on any atom is 0.281 e. The second-order valence-corrected chi connectivity index (χ2v) is 8.53. The van der Waals surface area contributed by atoms with Crippen LogP contribution < -0.4 is 19.7 Å². The van der Waals surface area contributed by atoms with Gasteiger partial charge < -0.3 is 14.8 Å². The number of thiocarbonyl (C=S) groups is 1. The van der Waals surface area contributed by atoms with Crippen molar-refractivity contribution in [3.8, 4) is 11.5 Å². The van der Waals surface area contributed by atoms with Crippen molar-refractivity contribution in [2.24, 2.45) is 0 Å². The van der Waals surface area contributed by atoms with Gasteiger partial charge >= 0.3 is 0 Å². The Bertz CT molecular complexity index is 1280. The summed E-state index contributed by atoms with van der Waals surface area (Å²) in [6.07, 6.45) is 1.78. The first-order valence-corrected chi connectivity index (χ1v) is 11.6. The molecule has 0 radical (unpaired) electrons. The van der Waals surface area contributed by atoms with Gasteiger partial charge in [-0.05, 0) is 81.0 Å². The number of carbonyl (C=O) groups is 1. The zero-order valence-corrected chi connectivity index (χ0v) is 21.0. The summed E-state index contributed by atoms with van der Waals surface area (Å²) in [6.45, 7) is 6.78. The minimum absolute atomic E-state index is 0.225. The van der Waals surface area contributed by atoms with Crippen LogP contribution in [0.1, 0.15) is 29.4 Å². The summed E-state index contributed by atoms with van der Waals surface area (Å²) in [7, 11) is 1.63. The summed E-state index contributed by atoms with van der Waals surface area (Å²) >= 11 is 11.7. The molecule has 2 heterocycles. The highest BCUT2D eigenvalue weighted by Crippen LogP contribution is 2.28. The van der Waals surface area contributed by atoms with E-state index >= 15 is 0 Å². The molecular formula is C25H25ClN4O3S. The Labute approximate surface area is 208 Å². The Morgan fingerprint density at radius 3 is 2.53 bits per heavy atom. The third-order valence-corrected chi connectivity index (χ3v) is 6.34. The number of anilines is 1. The molecule has 0 aliphatic carbocycles. The molecule has 1 N–H and O–H groups in total. The van der Waals surface area contributed by atoms with Crippen molar-refractivity contribution < 1.29 is 14.3 Å². The average Bonchev–Trinajstić information content (AvgIpc) is 3.23. The van der Waals surface area contributed by atoms with Crippen molar-refractivity contribution in [2.75, 3.05) is 18.6 Å². The number of hydrogen-bond acceptors (Lipinski definition) is 5.